The molecule has 0 fully saturated rings. The molecule has 0 amide bonds. The first kappa shape index (κ1) is 28.0. The van der Waals surface area contributed by atoms with E-state index >= 15 is 0 Å². The number of ether oxygens (including phenoxy) is 1. The van der Waals surface area contributed by atoms with E-state index in [1.807, 2.05) is 30.3 Å². The first-order valence-electron chi connectivity index (χ1n) is 11.5. The topological polar surface area (TPSA) is 110 Å². The molecule has 0 N–H and O–H groups in total. The van der Waals surface area contributed by atoms with E-state index < -0.39 is 11.9 Å². The van der Waals surface area contributed by atoms with Gasteiger partial charge in [-0.15, -0.1) is 0 Å². The Balaban J connectivity index is 0.00000400. The number of rotatable bonds is 9. The summed E-state index contributed by atoms with van der Waals surface area (Å²) in [6.07, 6.45) is 2.93. The van der Waals surface area contributed by atoms with E-state index in [4.69, 9.17) is 4.74 Å². The second-order valence-electron chi connectivity index (χ2n) is 7.96. The van der Waals surface area contributed by atoms with E-state index in [0.29, 0.717) is 22.7 Å². The van der Waals surface area contributed by atoms with Gasteiger partial charge in [0.25, 0.3) is 0 Å². The summed E-state index contributed by atoms with van der Waals surface area (Å²) in [7, 11) is 1.56. The Bertz CT molecular complexity index is 1450. The maximum atomic E-state index is 12.8. The van der Waals surface area contributed by atoms with Gasteiger partial charge in [-0.25, -0.2) is 0 Å². The number of aromatic nitrogens is 1. The van der Waals surface area contributed by atoms with Crippen LogP contribution in [0.25, 0.3) is 0 Å². The summed E-state index contributed by atoms with van der Waals surface area (Å²) in [5.74, 6) is -1.14. The van der Waals surface area contributed by atoms with Crippen molar-refractivity contribution in [2.75, 3.05) is 7.11 Å². The van der Waals surface area contributed by atoms with Gasteiger partial charge in [-0.2, -0.15) is 0 Å². The Morgan fingerprint density at radius 2 is 1.58 bits per heavy atom. The van der Waals surface area contributed by atoms with Gasteiger partial charge in [-0.1, -0.05) is 66.7 Å². The fourth-order valence-electron chi connectivity index (χ4n) is 3.60. The average molecular weight is 548 g/mol. The van der Waals surface area contributed by atoms with Crippen LogP contribution in [-0.2, 0) is 27.7 Å². The van der Waals surface area contributed by atoms with Crippen LogP contribution in [0.3, 0.4) is 0 Å². The Labute approximate surface area is 230 Å². The van der Waals surface area contributed by atoms with Crippen molar-refractivity contribution in [2.45, 2.75) is 6.42 Å². The molecule has 0 spiro atoms. The van der Waals surface area contributed by atoms with E-state index in [-0.39, 0.29) is 34.2 Å². The second kappa shape index (κ2) is 13.7. The van der Waals surface area contributed by atoms with Crippen LogP contribution in [-0.4, -0.2) is 29.7 Å². The Morgan fingerprint density at radius 3 is 2.24 bits per heavy atom. The van der Waals surface area contributed by atoms with Crippen LogP contribution in [0.4, 0.5) is 5.69 Å². The molecule has 1 heterocycles. The molecule has 8 heteroatoms. The minimum absolute atomic E-state index is 0. The number of nitrogens with zero attached hydrogens (tertiary/aromatic N) is 3. The fourth-order valence-corrected chi connectivity index (χ4v) is 3.60. The van der Waals surface area contributed by atoms with Gasteiger partial charge in [0.15, 0.2) is 0 Å². The van der Waals surface area contributed by atoms with Crippen LogP contribution in [0.2, 0.25) is 0 Å². The summed E-state index contributed by atoms with van der Waals surface area (Å²) >= 11 is 0. The van der Waals surface area contributed by atoms with Gasteiger partial charge >= 0.3 is 16.5 Å². The van der Waals surface area contributed by atoms with Crippen LogP contribution in [0.5, 0.6) is 5.75 Å². The van der Waals surface area contributed by atoms with Crippen LogP contribution < -0.4 is 14.9 Å². The third kappa shape index (κ3) is 7.24. The maximum Gasteiger partial charge on any atom is 2.00 e. The van der Waals surface area contributed by atoms with Gasteiger partial charge in [0.1, 0.15) is 5.75 Å². The number of hydrogen-bond acceptors (Lipinski definition) is 7. The SMILES string of the molecule is COc1ccc(C/C(=C/N=C(c2ccccc2)c2ccccc2N=C([O-])c2ccccn2)C(=O)[O-])cc1.[Ni+2]. The number of carbonyl (C=O) groups excluding carboxylic acids is 1. The second-order valence-corrected chi connectivity index (χ2v) is 7.96. The summed E-state index contributed by atoms with van der Waals surface area (Å²) in [4.78, 5) is 24.9. The molecule has 0 saturated carbocycles. The van der Waals surface area contributed by atoms with E-state index in [1.54, 1.807) is 73.8 Å². The van der Waals surface area contributed by atoms with Gasteiger partial charge in [-0.05, 0) is 41.5 Å². The molecule has 0 aliphatic carbocycles. The molecule has 0 aliphatic rings. The van der Waals surface area contributed by atoms with Crippen LogP contribution in [0, 0.1) is 0 Å². The molecule has 38 heavy (non-hydrogen) atoms. The fraction of sp³-hybridized carbons (Fsp3) is 0.0667. The Hall–Kier alpha value is -4.55. The first-order chi connectivity index (χ1) is 18.0. The Kier molecular flexibility index (Phi) is 10.1. The normalized spacial score (nSPS) is 12.0. The summed E-state index contributed by atoms with van der Waals surface area (Å²) < 4.78 is 5.16. The number of carboxylic acids is 1. The summed E-state index contributed by atoms with van der Waals surface area (Å²) in [5, 5.41) is 24.7. The van der Waals surface area contributed by atoms with E-state index in [2.05, 4.69) is 15.0 Å². The van der Waals surface area contributed by atoms with E-state index in [0.717, 1.165) is 11.1 Å². The average Bonchev–Trinajstić information content (AvgIpc) is 2.94. The van der Waals surface area contributed by atoms with Gasteiger partial charge < -0.3 is 19.7 Å². The molecule has 0 unspecified atom stereocenters. The van der Waals surface area contributed by atoms with Gasteiger partial charge in [0.2, 0.25) is 0 Å². The molecule has 0 bridgehead atoms. The predicted molar refractivity (Wildman–Crippen MR) is 139 cm³/mol. The molecule has 0 radical (unpaired) electrons. The van der Waals surface area contributed by atoms with Gasteiger partial charge in [0, 0.05) is 35.8 Å². The number of benzene rings is 3. The van der Waals surface area contributed by atoms with Crippen molar-refractivity contribution < 1.29 is 36.2 Å². The van der Waals surface area contributed by atoms with Crippen molar-refractivity contribution >= 4 is 23.3 Å². The number of para-hydroxylation sites is 1. The van der Waals surface area contributed by atoms with Crippen molar-refractivity contribution in [1.82, 2.24) is 4.98 Å². The van der Waals surface area contributed by atoms with E-state index in [1.165, 1.54) is 12.4 Å². The number of aliphatic imine (C=N–C) groups is 2. The number of pyridine rings is 1. The van der Waals surface area contributed by atoms with Gasteiger partial charge in [-0.3, -0.25) is 15.0 Å². The molecule has 4 rings (SSSR count). The van der Waals surface area contributed by atoms with Gasteiger partial charge in [0.05, 0.1) is 30.2 Å². The van der Waals surface area contributed by atoms with Crippen molar-refractivity contribution in [3.63, 3.8) is 0 Å². The first-order valence-corrected chi connectivity index (χ1v) is 11.5. The number of carboxylic acid groups (broad SMARTS) is 1. The third-order valence-corrected chi connectivity index (χ3v) is 5.48. The quantitative estimate of drug-likeness (QED) is 0.138. The summed E-state index contributed by atoms with van der Waals surface area (Å²) in [6, 6.07) is 28.5. The van der Waals surface area contributed by atoms with Crippen molar-refractivity contribution in [3.8, 4) is 5.75 Å². The standard InChI is InChI=1S/C30H25N3O4.Ni/c1-37-24-16-14-21(15-17-24)19-23(30(35)36)20-32-28(22-9-3-2-4-10-22)25-11-5-6-12-26(25)33-29(34)27-13-7-8-18-31-27;/h2-18,20H,19H2,1H3,(H,33,34)(H,35,36);/q;+2/p-2/b23-20-,32-28?;. The minimum Gasteiger partial charge on any atom is -0.857 e. The van der Waals surface area contributed by atoms with Crippen molar-refractivity contribution in [3.05, 3.63) is 137 Å². The molecule has 3 aromatic carbocycles. The zero-order valence-corrected chi connectivity index (χ0v) is 21.4. The molecule has 4 aromatic rings. The van der Waals surface area contributed by atoms with Crippen molar-refractivity contribution in [1.29, 1.82) is 0 Å². The number of hydrogen-bond donors (Lipinski definition) is 0. The van der Waals surface area contributed by atoms with Crippen LogP contribution in [0.1, 0.15) is 22.4 Å². The molecule has 1 aromatic heterocycles. The van der Waals surface area contributed by atoms with E-state index in [9.17, 15) is 15.0 Å². The predicted octanol–water partition coefficient (Wildman–Crippen LogP) is 3.24. The van der Waals surface area contributed by atoms with Crippen molar-refractivity contribution in [2.24, 2.45) is 9.98 Å². The zero-order valence-electron chi connectivity index (χ0n) is 20.4. The number of carbonyl (C=O) groups is 1. The summed E-state index contributed by atoms with van der Waals surface area (Å²) in [6.45, 7) is 0. The molecule has 7 nitrogen and oxygen atoms in total. The number of aliphatic carboxylic acids is 1. The molecule has 0 aliphatic heterocycles. The van der Waals surface area contributed by atoms with Crippen LogP contribution in [0.15, 0.2) is 125 Å². The molecular weight excluding hydrogens is 525 g/mol. The smallest absolute Gasteiger partial charge is 0.857 e. The summed E-state index contributed by atoms with van der Waals surface area (Å²) in [5.41, 5.74) is 3.13. The zero-order chi connectivity index (χ0) is 26.0. The largest absolute Gasteiger partial charge is 2.00 e. The van der Waals surface area contributed by atoms with Crippen LogP contribution >= 0.6 is 0 Å². The minimum atomic E-state index is -1.32. The third-order valence-electron chi connectivity index (χ3n) is 5.48. The Morgan fingerprint density at radius 1 is 0.895 bits per heavy atom. The monoisotopic (exact) mass is 547 g/mol. The molecular formula is C30H23N3NiO4. The molecule has 0 atom stereocenters. The maximum absolute atomic E-state index is 12.8. The molecule has 192 valence electrons. The molecule has 0 saturated heterocycles. The number of methoxy groups -OCH3 is 1.